The first-order chi connectivity index (χ1) is 8.06. The van der Waals surface area contributed by atoms with Gasteiger partial charge in [-0.25, -0.2) is 8.78 Å². The van der Waals surface area contributed by atoms with Crippen LogP contribution in [0.25, 0.3) is 0 Å². The first-order valence-corrected chi connectivity index (χ1v) is 4.99. The molecule has 6 heteroatoms. The highest BCUT2D eigenvalue weighted by atomic mass is 19.1. The van der Waals surface area contributed by atoms with E-state index in [-0.39, 0.29) is 17.7 Å². The summed E-state index contributed by atoms with van der Waals surface area (Å²) in [6.07, 6.45) is 1.38. The number of halogens is 2. The lowest BCUT2D eigenvalue weighted by Gasteiger charge is -2.02. The van der Waals surface area contributed by atoms with E-state index in [9.17, 15) is 8.78 Å². The van der Waals surface area contributed by atoms with Gasteiger partial charge in [0.25, 0.3) is 6.01 Å². The average molecular weight is 239 g/mol. The molecule has 1 heterocycles. The molecule has 1 aromatic heterocycles. The van der Waals surface area contributed by atoms with Crippen molar-refractivity contribution in [3.05, 3.63) is 41.8 Å². The van der Waals surface area contributed by atoms with Crippen LogP contribution in [0.4, 0.5) is 20.5 Å². The van der Waals surface area contributed by atoms with E-state index < -0.39 is 11.6 Å². The summed E-state index contributed by atoms with van der Waals surface area (Å²) in [6.45, 7) is 1.75. The topological polar surface area (TPSA) is 64.1 Å². The van der Waals surface area contributed by atoms with Gasteiger partial charge in [0.05, 0.1) is 11.4 Å². The van der Waals surface area contributed by atoms with Crippen LogP contribution in [0.5, 0.6) is 0 Å². The lowest BCUT2D eigenvalue weighted by Crippen LogP contribution is -2.05. The summed E-state index contributed by atoms with van der Waals surface area (Å²) >= 11 is 0. The molecule has 4 nitrogen and oxygen atoms in total. The number of nitrogens with two attached hydrogens (primary N) is 1. The minimum absolute atomic E-state index is 0.0875. The van der Waals surface area contributed by atoms with Crippen LogP contribution in [0.2, 0.25) is 0 Å². The Bertz CT molecular complexity index is 525. The summed E-state index contributed by atoms with van der Waals surface area (Å²) in [5.41, 5.74) is 6.23. The van der Waals surface area contributed by atoms with Gasteiger partial charge in [0, 0.05) is 12.1 Å². The van der Waals surface area contributed by atoms with E-state index in [0.717, 1.165) is 12.1 Å². The molecule has 0 aliphatic heterocycles. The van der Waals surface area contributed by atoms with E-state index in [1.165, 1.54) is 12.3 Å². The number of nitrogens with zero attached hydrogens (tertiary/aromatic N) is 1. The van der Waals surface area contributed by atoms with E-state index in [0.29, 0.717) is 5.69 Å². The molecule has 0 spiro atoms. The van der Waals surface area contributed by atoms with Crippen LogP contribution in [-0.4, -0.2) is 4.98 Å². The second-order valence-electron chi connectivity index (χ2n) is 3.62. The molecule has 0 saturated carbocycles. The SMILES string of the molecule is CC(N)c1coc(Nc2ccc(F)cc2F)n1. The van der Waals surface area contributed by atoms with Crippen LogP contribution in [0.3, 0.4) is 0 Å². The number of oxazole rings is 1. The molecule has 17 heavy (non-hydrogen) atoms. The summed E-state index contributed by atoms with van der Waals surface area (Å²) in [5.74, 6) is -1.36. The highest BCUT2D eigenvalue weighted by Crippen LogP contribution is 2.21. The number of hydrogen-bond donors (Lipinski definition) is 2. The van der Waals surface area contributed by atoms with Crippen molar-refractivity contribution < 1.29 is 13.2 Å². The molecule has 1 aromatic carbocycles. The first kappa shape index (κ1) is 11.5. The van der Waals surface area contributed by atoms with Gasteiger partial charge in [-0.05, 0) is 19.1 Å². The van der Waals surface area contributed by atoms with Gasteiger partial charge in [-0.3, -0.25) is 0 Å². The van der Waals surface area contributed by atoms with Crippen LogP contribution < -0.4 is 11.1 Å². The molecule has 1 atom stereocenters. The van der Waals surface area contributed by atoms with Gasteiger partial charge in [-0.15, -0.1) is 0 Å². The van der Waals surface area contributed by atoms with Crippen molar-refractivity contribution in [2.24, 2.45) is 5.73 Å². The number of aromatic nitrogens is 1. The zero-order valence-corrected chi connectivity index (χ0v) is 9.08. The average Bonchev–Trinajstić information content (AvgIpc) is 2.71. The maximum Gasteiger partial charge on any atom is 0.299 e. The fourth-order valence-electron chi connectivity index (χ4n) is 1.26. The van der Waals surface area contributed by atoms with Crippen molar-refractivity contribution in [3.8, 4) is 0 Å². The zero-order valence-electron chi connectivity index (χ0n) is 9.08. The van der Waals surface area contributed by atoms with Gasteiger partial charge >= 0.3 is 0 Å². The normalized spacial score (nSPS) is 12.5. The predicted molar refractivity (Wildman–Crippen MR) is 58.7 cm³/mol. The fourth-order valence-corrected chi connectivity index (χ4v) is 1.26. The predicted octanol–water partition coefficient (Wildman–Crippen LogP) is 2.72. The molecule has 0 fully saturated rings. The lowest BCUT2D eigenvalue weighted by atomic mass is 10.3. The molecule has 0 aliphatic rings. The molecule has 0 aliphatic carbocycles. The van der Waals surface area contributed by atoms with Crippen LogP contribution in [0.1, 0.15) is 18.7 Å². The van der Waals surface area contributed by atoms with Crippen molar-refractivity contribution in [2.45, 2.75) is 13.0 Å². The molecular weight excluding hydrogens is 228 g/mol. The van der Waals surface area contributed by atoms with E-state index >= 15 is 0 Å². The summed E-state index contributed by atoms with van der Waals surface area (Å²) < 4.78 is 31.0. The largest absolute Gasteiger partial charge is 0.432 e. The lowest BCUT2D eigenvalue weighted by molar-refractivity contribution is 0.567. The molecular formula is C11H11F2N3O. The Morgan fingerprint density at radius 3 is 2.76 bits per heavy atom. The fraction of sp³-hybridized carbons (Fsp3) is 0.182. The minimum atomic E-state index is -0.717. The van der Waals surface area contributed by atoms with Crippen LogP contribution in [0, 0.1) is 11.6 Å². The van der Waals surface area contributed by atoms with Gasteiger partial charge in [-0.2, -0.15) is 4.98 Å². The second kappa shape index (κ2) is 4.50. The number of nitrogens with one attached hydrogen (secondary N) is 1. The molecule has 1 unspecified atom stereocenters. The molecule has 0 amide bonds. The standard InChI is InChI=1S/C11H11F2N3O/c1-6(14)10-5-17-11(16-10)15-9-3-2-7(12)4-8(9)13/h2-6H,14H2,1H3,(H,15,16). The Morgan fingerprint density at radius 1 is 1.41 bits per heavy atom. The molecule has 0 saturated heterocycles. The Hall–Kier alpha value is -1.95. The van der Waals surface area contributed by atoms with E-state index in [4.69, 9.17) is 10.2 Å². The number of hydrogen-bond acceptors (Lipinski definition) is 4. The van der Waals surface area contributed by atoms with E-state index in [1.807, 2.05) is 0 Å². The highest BCUT2D eigenvalue weighted by molar-refractivity contribution is 5.53. The van der Waals surface area contributed by atoms with E-state index in [2.05, 4.69) is 10.3 Å². The van der Waals surface area contributed by atoms with Crippen molar-refractivity contribution in [1.29, 1.82) is 0 Å². The third-order valence-corrected chi connectivity index (χ3v) is 2.16. The molecule has 90 valence electrons. The monoisotopic (exact) mass is 239 g/mol. The Balaban J connectivity index is 2.19. The van der Waals surface area contributed by atoms with Crippen molar-refractivity contribution >= 4 is 11.7 Å². The highest BCUT2D eigenvalue weighted by Gasteiger charge is 2.10. The summed E-state index contributed by atoms with van der Waals surface area (Å²) in [5, 5.41) is 2.60. The smallest absolute Gasteiger partial charge is 0.299 e. The number of rotatable bonds is 3. The number of anilines is 2. The quantitative estimate of drug-likeness (QED) is 0.864. The molecule has 0 bridgehead atoms. The zero-order chi connectivity index (χ0) is 12.4. The minimum Gasteiger partial charge on any atom is -0.432 e. The Labute approximate surface area is 96.5 Å². The third-order valence-electron chi connectivity index (χ3n) is 2.16. The van der Waals surface area contributed by atoms with Crippen LogP contribution >= 0.6 is 0 Å². The van der Waals surface area contributed by atoms with Crippen LogP contribution in [0.15, 0.2) is 28.9 Å². The van der Waals surface area contributed by atoms with Crippen molar-refractivity contribution in [3.63, 3.8) is 0 Å². The molecule has 0 radical (unpaired) electrons. The summed E-state index contributed by atoms with van der Waals surface area (Å²) in [6, 6.07) is 3.02. The summed E-state index contributed by atoms with van der Waals surface area (Å²) in [4.78, 5) is 4.01. The maximum atomic E-state index is 13.3. The second-order valence-corrected chi connectivity index (χ2v) is 3.62. The van der Waals surface area contributed by atoms with Gasteiger partial charge in [0.15, 0.2) is 0 Å². The van der Waals surface area contributed by atoms with Gasteiger partial charge in [0.1, 0.15) is 17.9 Å². The van der Waals surface area contributed by atoms with Gasteiger partial charge in [-0.1, -0.05) is 0 Å². The number of benzene rings is 1. The van der Waals surface area contributed by atoms with E-state index in [1.54, 1.807) is 6.92 Å². The molecule has 2 rings (SSSR count). The van der Waals surface area contributed by atoms with Crippen molar-refractivity contribution in [2.75, 3.05) is 5.32 Å². The molecule has 2 aromatic rings. The van der Waals surface area contributed by atoms with Crippen molar-refractivity contribution in [1.82, 2.24) is 4.98 Å². The first-order valence-electron chi connectivity index (χ1n) is 4.99. The summed E-state index contributed by atoms with van der Waals surface area (Å²) in [7, 11) is 0. The van der Waals surface area contributed by atoms with Crippen LogP contribution in [-0.2, 0) is 0 Å². The Kier molecular flexibility index (Phi) is 3.06. The maximum absolute atomic E-state index is 13.3. The van der Waals surface area contributed by atoms with Gasteiger partial charge in [0.2, 0.25) is 0 Å². The van der Waals surface area contributed by atoms with Gasteiger partial charge < -0.3 is 15.5 Å². The third kappa shape index (κ3) is 2.59. The Morgan fingerprint density at radius 2 is 2.18 bits per heavy atom. The molecule has 3 N–H and O–H groups in total.